The Bertz CT molecular complexity index is 472. The van der Waals surface area contributed by atoms with E-state index in [1.54, 1.807) is 0 Å². The van der Waals surface area contributed by atoms with Crippen molar-refractivity contribution in [2.45, 2.75) is 232 Å². The van der Waals surface area contributed by atoms with Crippen LogP contribution in [-0.4, -0.2) is 0 Å². The van der Waals surface area contributed by atoms with Crippen LogP contribution in [0.1, 0.15) is 232 Å². The fourth-order valence-electron chi connectivity index (χ4n) is 5.91. The summed E-state index contributed by atoms with van der Waals surface area (Å²) in [5.74, 6) is 0. The highest BCUT2D eigenvalue weighted by atomic mass is 14.0. The first-order valence-corrected chi connectivity index (χ1v) is 19.2. The van der Waals surface area contributed by atoms with Gasteiger partial charge in [0.25, 0.3) is 0 Å². The predicted octanol–water partition coefficient (Wildman–Crippen LogP) is 15.4. The predicted molar refractivity (Wildman–Crippen MR) is 187 cm³/mol. The summed E-state index contributed by atoms with van der Waals surface area (Å²) < 4.78 is 0. The average Bonchev–Trinajstić information content (AvgIpc) is 2.97. The van der Waals surface area contributed by atoms with Gasteiger partial charge in [-0.25, -0.2) is 0 Å². The molecule has 0 saturated carbocycles. The average molecular weight is 559 g/mol. The minimum atomic E-state index is 1.31. The highest BCUT2D eigenvalue weighted by Gasteiger charge is 1.95. The van der Waals surface area contributed by atoms with Crippen LogP contribution >= 0.6 is 0 Å². The maximum absolute atomic E-state index is 2.46. The van der Waals surface area contributed by atoms with E-state index in [1.807, 2.05) is 0 Å². The molecular formula is C40H78. The van der Waals surface area contributed by atoms with E-state index in [0.717, 1.165) is 0 Å². The van der Waals surface area contributed by atoms with E-state index in [-0.39, 0.29) is 0 Å². The van der Waals surface area contributed by atoms with Gasteiger partial charge in [0, 0.05) is 0 Å². The number of unbranched alkanes of at least 4 members (excludes halogenated alkanes) is 31. The summed E-state index contributed by atoms with van der Waals surface area (Å²) in [5, 5.41) is 0. The molecule has 40 heavy (non-hydrogen) atoms. The van der Waals surface area contributed by atoms with Crippen LogP contribution in [0, 0.1) is 0 Å². The number of hydrogen-bond acceptors (Lipinski definition) is 0. The van der Waals surface area contributed by atoms with E-state index < -0.39 is 0 Å². The van der Waals surface area contributed by atoms with Crippen molar-refractivity contribution in [1.29, 1.82) is 0 Å². The third kappa shape index (κ3) is 37.5. The van der Waals surface area contributed by atoms with Crippen LogP contribution in [0.5, 0.6) is 0 Å². The lowest BCUT2D eigenvalue weighted by molar-refractivity contribution is 0.531. The summed E-state index contributed by atoms with van der Waals surface area (Å²) in [6, 6.07) is 0. The first-order valence-electron chi connectivity index (χ1n) is 19.2. The molecule has 0 aliphatic rings. The van der Waals surface area contributed by atoms with Crippen LogP contribution in [0.2, 0.25) is 0 Å². The van der Waals surface area contributed by atoms with Crippen molar-refractivity contribution >= 4 is 0 Å². The highest BCUT2D eigenvalue weighted by molar-refractivity contribution is 4.82. The fourth-order valence-corrected chi connectivity index (χ4v) is 5.91. The molecule has 0 unspecified atom stereocenters. The molecule has 0 N–H and O–H groups in total. The smallest absolute Gasteiger partial charge is 0.0351 e. The summed E-state index contributed by atoms with van der Waals surface area (Å²) in [7, 11) is 0. The van der Waals surface area contributed by atoms with E-state index in [9.17, 15) is 0 Å². The molecule has 0 heterocycles. The number of allylic oxidation sites excluding steroid dienone is 4. The van der Waals surface area contributed by atoms with Gasteiger partial charge in [-0.1, -0.05) is 205 Å². The van der Waals surface area contributed by atoms with Crippen molar-refractivity contribution in [3.05, 3.63) is 24.3 Å². The Morgan fingerprint density at radius 3 is 0.525 bits per heavy atom. The molecule has 238 valence electrons. The molecule has 0 heteroatoms. The Hall–Kier alpha value is -0.520. The van der Waals surface area contributed by atoms with Crippen molar-refractivity contribution in [3.63, 3.8) is 0 Å². The Morgan fingerprint density at radius 1 is 0.200 bits per heavy atom. The molecule has 0 rings (SSSR count). The molecule has 0 aliphatic carbocycles. The van der Waals surface area contributed by atoms with E-state index in [1.165, 1.54) is 218 Å². The van der Waals surface area contributed by atoms with Gasteiger partial charge in [-0.2, -0.15) is 0 Å². The SMILES string of the molecule is CCCCCCCCC=CCCCCCCCCCCCCCCCCCC=CCCCCCCCCCCC. The van der Waals surface area contributed by atoms with Crippen LogP contribution in [-0.2, 0) is 0 Å². The number of hydrogen-bond donors (Lipinski definition) is 0. The van der Waals surface area contributed by atoms with E-state index in [2.05, 4.69) is 38.2 Å². The second-order valence-corrected chi connectivity index (χ2v) is 13.0. The van der Waals surface area contributed by atoms with Gasteiger partial charge in [0.2, 0.25) is 0 Å². The Labute approximate surface area is 256 Å². The molecule has 0 atom stereocenters. The second kappa shape index (κ2) is 38.5. The van der Waals surface area contributed by atoms with Crippen molar-refractivity contribution in [3.8, 4) is 0 Å². The monoisotopic (exact) mass is 559 g/mol. The van der Waals surface area contributed by atoms with Crippen LogP contribution in [0.4, 0.5) is 0 Å². The second-order valence-electron chi connectivity index (χ2n) is 13.0. The van der Waals surface area contributed by atoms with Gasteiger partial charge >= 0.3 is 0 Å². The molecular weight excluding hydrogens is 480 g/mol. The van der Waals surface area contributed by atoms with Crippen LogP contribution < -0.4 is 0 Å². The lowest BCUT2D eigenvalue weighted by atomic mass is 10.0. The zero-order valence-electron chi connectivity index (χ0n) is 28.4. The summed E-state index contributed by atoms with van der Waals surface area (Å²) in [6.07, 6.45) is 58.4. The third-order valence-electron chi connectivity index (χ3n) is 8.77. The molecule has 0 fully saturated rings. The quantitative estimate of drug-likeness (QED) is 0.0536. The molecule has 0 aromatic carbocycles. The molecule has 0 amide bonds. The Morgan fingerprint density at radius 2 is 0.350 bits per heavy atom. The maximum atomic E-state index is 2.46. The van der Waals surface area contributed by atoms with E-state index in [4.69, 9.17) is 0 Å². The molecule has 0 nitrogen and oxygen atoms in total. The topological polar surface area (TPSA) is 0 Å². The lowest BCUT2D eigenvalue weighted by Crippen LogP contribution is -1.83. The van der Waals surface area contributed by atoms with Crippen LogP contribution in [0.3, 0.4) is 0 Å². The molecule has 0 aromatic heterocycles. The molecule has 0 radical (unpaired) electrons. The number of rotatable bonds is 35. The van der Waals surface area contributed by atoms with Gasteiger partial charge in [-0.05, 0) is 51.4 Å². The molecule has 0 aromatic rings. The van der Waals surface area contributed by atoms with Gasteiger partial charge < -0.3 is 0 Å². The normalized spacial score (nSPS) is 11.9. The summed E-state index contributed by atoms with van der Waals surface area (Å²) in [6.45, 7) is 4.60. The van der Waals surface area contributed by atoms with Gasteiger partial charge in [-0.15, -0.1) is 0 Å². The minimum absolute atomic E-state index is 1.31. The van der Waals surface area contributed by atoms with Crippen molar-refractivity contribution < 1.29 is 0 Å². The fraction of sp³-hybridized carbons (Fsp3) is 0.900. The first-order chi connectivity index (χ1) is 19.9. The van der Waals surface area contributed by atoms with Crippen LogP contribution in [0.15, 0.2) is 24.3 Å². The molecule has 0 spiro atoms. The van der Waals surface area contributed by atoms with Crippen LogP contribution in [0.25, 0.3) is 0 Å². The lowest BCUT2D eigenvalue weighted by Gasteiger charge is -2.03. The molecule has 0 aliphatic heterocycles. The Kier molecular flexibility index (Phi) is 38.0. The third-order valence-corrected chi connectivity index (χ3v) is 8.77. The zero-order valence-corrected chi connectivity index (χ0v) is 28.4. The Balaban J connectivity index is 3.10. The van der Waals surface area contributed by atoms with Gasteiger partial charge in [0.1, 0.15) is 0 Å². The summed E-state index contributed by atoms with van der Waals surface area (Å²) in [5.41, 5.74) is 0. The van der Waals surface area contributed by atoms with E-state index >= 15 is 0 Å². The minimum Gasteiger partial charge on any atom is -0.0885 e. The van der Waals surface area contributed by atoms with E-state index in [0.29, 0.717) is 0 Å². The standard InChI is InChI=1S/C40H78/c1-3-5-7-9-11-13-15-17-19-21-23-25-27-29-31-33-35-37-39-40-38-36-34-32-30-28-26-24-22-20-18-16-14-12-10-8-6-4-2/h17,19,24,26H,3-16,18,20-23,25,27-40H2,1-2H3. The summed E-state index contributed by atoms with van der Waals surface area (Å²) in [4.78, 5) is 0. The molecule has 0 bridgehead atoms. The first kappa shape index (κ1) is 39.5. The largest absolute Gasteiger partial charge is 0.0885 e. The van der Waals surface area contributed by atoms with Crippen molar-refractivity contribution in [2.24, 2.45) is 0 Å². The summed E-state index contributed by atoms with van der Waals surface area (Å²) >= 11 is 0. The van der Waals surface area contributed by atoms with Gasteiger partial charge in [0.05, 0.1) is 0 Å². The van der Waals surface area contributed by atoms with Gasteiger partial charge in [0.15, 0.2) is 0 Å². The van der Waals surface area contributed by atoms with Crippen molar-refractivity contribution in [1.82, 2.24) is 0 Å². The zero-order chi connectivity index (χ0) is 28.9. The maximum Gasteiger partial charge on any atom is -0.0351 e. The van der Waals surface area contributed by atoms with Crippen molar-refractivity contribution in [2.75, 3.05) is 0 Å². The van der Waals surface area contributed by atoms with Gasteiger partial charge in [-0.3, -0.25) is 0 Å². The molecule has 0 saturated heterocycles. The highest BCUT2D eigenvalue weighted by Crippen LogP contribution is 2.15.